The second-order valence-corrected chi connectivity index (χ2v) is 5.25. The van der Waals surface area contributed by atoms with Gasteiger partial charge in [-0.25, -0.2) is 17.5 Å². The highest BCUT2D eigenvalue weighted by molar-refractivity contribution is 7.89. The third kappa shape index (κ3) is 3.77. The third-order valence-electron chi connectivity index (χ3n) is 2.00. The minimum absolute atomic E-state index is 0.249. The maximum Gasteiger partial charge on any atom is 0.402 e. The van der Waals surface area contributed by atoms with E-state index >= 15 is 0 Å². The number of sulfonamides is 1. The zero-order valence-electron chi connectivity index (χ0n) is 9.44. The number of nitrogen functional groups attached to an aromatic ring is 1. The molecule has 1 rings (SSSR count). The molecule has 1 aromatic rings. The van der Waals surface area contributed by atoms with E-state index in [0.29, 0.717) is 6.07 Å². The minimum Gasteiger partial charge on any atom is -0.397 e. The largest absolute Gasteiger partial charge is 0.402 e. The van der Waals surface area contributed by atoms with E-state index in [4.69, 9.17) is 5.73 Å². The number of hydrogen-bond acceptors (Lipinski definition) is 5. The van der Waals surface area contributed by atoms with Gasteiger partial charge in [-0.05, 0) is 0 Å². The first-order chi connectivity index (χ1) is 8.94. The summed E-state index contributed by atoms with van der Waals surface area (Å²) in [6.45, 7) is -1.93. The molecule has 0 radical (unpaired) electrons. The van der Waals surface area contributed by atoms with Gasteiger partial charge in [-0.2, -0.15) is 13.2 Å². The van der Waals surface area contributed by atoms with Gasteiger partial charge in [-0.3, -0.25) is 10.1 Å². The Balaban J connectivity index is 3.23. The van der Waals surface area contributed by atoms with Crippen LogP contribution < -0.4 is 10.5 Å². The van der Waals surface area contributed by atoms with Gasteiger partial charge < -0.3 is 5.73 Å². The summed E-state index contributed by atoms with van der Waals surface area (Å²) in [5.41, 5.74) is 3.45. The van der Waals surface area contributed by atoms with Gasteiger partial charge in [0.1, 0.15) is 11.4 Å². The van der Waals surface area contributed by atoms with Gasteiger partial charge in [0.05, 0.1) is 16.7 Å². The van der Waals surface area contributed by atoms with Crippen LogP contribution in [-0.4, -0.2) is 26.1 Å². The van der Waals surface area contributed by atoms with E-state index in [-0.39, 0.29) is 6.07 Å². The molecule has 0 saturated carbocycles. The van der Waals surface area contributed by atoms with Crippen molar-refractivity contribution in [3.63, 3.8) is 0 Å². The molecular weight excluding hydrogens is 310 g/mol. The minimum atomic E-state index is -4.89. The van der Waals surface area contributed by atoms with Crippen LogP contribution >= 0.6 is 0 Å². The van der Waals surface area contributed by atoms with Crippen LogP contribution in [0.3, 0.4) is 0 Å². The number of nitro groups is 1. The van der Waals surface area contributed by atoms with Crippen LogP contribution in [0.15, 0.2) is 17.0 Å². The van der Waals surface area contributed by atoms with E-state index in [2.05, 4.69) is 0 Å². The van der Waals surface area contributed by atoms with Gasteiger partial charge in [0.25, 0.3) is 5.69 Å². The van der Waals surface area contributed by atoms with Gasteiger partial charge in [-0.1, -0.05) is 0 Å². The second-order valence-electron chi connectivity index (χ2n) is 3.54. The zero-order chi connectivity index (χ0) is 15.7. The van der Waals surface area contributed by atoms with E-state index < -0.39 is 49.8 Å². The molecule has 0 aliphatic heterocycles. The fraction of sp³-hybridized carbons (Fsp3) is 0.250. The van der Waals surface area contributed by atoms with E-state index in [0.717, 1.165) is 4.72 Å². The molecule has 112 valence electrons. The Bertz CT molecular complexity index is 621. The van der Waals surface area contributed by atoms with Gasteiger partial charge in [-0.15, -0.1) is 0 Å². The SMILES string of the molecule is Nc1cc([N+](=O)[O-])cc(F)c1S(=O)(=O)NCC(F)(F)F. The highest BCUT2D eigenvalue weighted by Crippen LogP contribution is 2.27. The van der Waals surface area contributed by atoms with Crippen LogP contribution in [0.25, 0.3) is 0 Å². The molecule has 12 heteroatoms. The molecular formula is C8H7F4N3O4S. The lowest BCUT2D eigenvalue weighted by Gasteiger charge is -2.11. The number of nitrogens with two attached hydrogens (primary N) is 1. The van der Waals surface area contributed by atoms with Crippen molar-refractivity contribution in [2.45, 2.75) is 11.1 Å². The molecule has 3 N–H and O–H groups in total. The monoisotopic (exact) mass is 317 g/mol. The van der Waals surface area contributed by atoms with E-state index in [9.17, 15) is 36.1 Å². The van der Waals surface area contributed by atoms with Crippen molar-refractivity contribution in [1.82, 2.24) is 4.72 Å². The molecule has 7 nitrogen and oxygen atoms in total. The number of hydrogen-bond donors (Lipinski definition) is 2. The fourth-order valence-corrected chi connectivity index (χ4v) is 2.42. The van der Waals surface area contributed by atoms with Crippen molar-refractivity contribution in [2.75, 3.05) is 12.3 Å². The zero-order valence-corrected chi connectivity index (χ0v) is 10.3. The van der Waals surface area contributed by atoms with Crippen LogP contribution in [0.2, 0.25) is 0 Å². The van der Waals surface area contributed by atoms with Gasteiger partial charge in [0.2, 0.25) is 10.0 Å². The molecule has 0 aliphatic carbocycles. The molecule has 0 aliphatic rings. The lowest BCUT2D eigenvalue weighted by Crippen LogP contribution is -2.34. The van der Waals surface area contributed by atoms with Crippen molar-refractivity contribution in [1.29, 1.82) is 0 Å². The topological polar surface area (TPSA) is 115 Å². The molecule has 0 aromatic heterocycles. The molecule has 0 spiro atoms. The first-order valence-corrected chi connectivity index (χ1v) is 6.22. The molecule has 0 atom stereocenters. The Hall–Kier alpha value is -1.95. The molecule has 0 saturated heterocycles. The Morgan fingerprint density at radius 1 is 1.35 bits per heavy atom. The predicted octanol–water partition coefficient (Wildman–Crippen LogP) is 1.16. The van der Waals surface area contributed by atoms with Crippen LogP contribution in [0.5, 0.6) is 0 Å². The smallest absolute Gasteiger partial charge is 0.397 e. The van der Waals surface area contributed by atoms with Gasteiger partial charge >= 0.3 is 6.18 Å². The summed E-state index contributed by atoms with van der Waals surface area (Å²) in [5, 5.41) is 10.4. The summed E-state index contributed by atoms with van der Waals surface area (Å²) < 4.78 is 73.4. The van der Waals surface area contributed by atoms with Crippen molar-refractivity contribution >= 4 is 21.4 Å². The average Bonchev–Trinajstić information content (AvgIpc) is 2.24. The number of non-ortho nitro benzene ring substituents is 1. The summed E-state index contributed by atoms with van der Waals surface area (Å²) in [6, 6.07) is 0.781. The molecule has 1 aromatic carbocycles. The highest BCUT2D eigenvalue weighted by Gasteiger charge is 2.32. The van der Waals surface area contributed by atoms with Crippen LogP contribution in [0, 0.1) is 15.9 Å². The van der Waals surface area contributed by atoms with Crippen LogP contribution in [-0.2, 0) is 10.0 Å². The molecule has 0 heterocycles. The molecule has 0 fully saturated rings. The summed E-state index contributed by atoms with van der Waals surface area (Å²) in [5.74, 6) is -1.62. The Labute approximate surface area is 109 Å². The summed E-state index contributed by atoms with van der Waals surface area (Å²) in [7, 11) is -4.89. The number of nitrogens with one attached hydrogen (secondary N) is 1. The Morgan fingerprint density at radius 2 is 1.90 bits per heavy atom. The van der Waals surface area contributed by atoms with E-state index in [1.54, 1.807) is 0 Å². The second kappa shape index (κ2) is 5.20. The summed E-state index contributed by atoms with van der Waals surface area (Å²) >= 11 is 0. The lowest BCUT2D eigenvalue weighted by molar-refractivity contribution is -0.385. The standard InChI is InChI=1S/C8H7F4N3O4S/c9-5-1-4(15(16)17)2-6(13)7(5)20(18,19)14-3-8(10,11)12/h1-2,14H,3,13H2. The number of benzene rings is 1. The maximum absolute atomic E-state index is 13.5. The number of nitrogens with zero attached hydrogens (tertiary/aromatic N) is 1. The summed E-state index contributed by atoms with van der Waals surface area (Å²) in [4.78, 5) is 8.09. The number of halogens is 4. The quantitative estimate of drug-likeness (QED) is 0.374. The number of rotatable bonds is 4. The fourth-order valence-electron chi connectivity index (χ4n) is 1.24. The average molecular weight is 317 g/mol. The molecule has 0 amide bonds. The molecule has 0 bridgehead atoms. The highest BCUT2D eigenvalue weighted by atomic mass is 32.2. The predicted molar refractivity (Wildman–Crippen MR) is 58.7 cm³/mol. The van der Waals surface area contributed by atoms with E-state index in [1.807, 2.05) is 0 Å². The van der Waals surface area contributed by atoms with Crippen molar-refractivity contribution in [3.8, 4) is 0 Å². The maximum atomic E-state index is 13.5. The first-order valence-electron chi connectivity index (χ1n) is 4.74. The number of anilines is 1. The molecule has 0 unspecified atom stereocenters. The Morgan fingerprint density at radius 3 is 2.30 bits per heavy atom. The van der Waals surface area contributed by atoms with Crippen molar-refractivity contribution in [2.24, 2.45) is 0 Å². The summed E-state index contributed by atoms with van der Waals surface area (Å²) in [6.07, 6.45) is -4.85. The van der Waals surface area contributed by atoms with Gasteiger partial charge in [0.15, 0.2) is 5.82 Å². The van der Waals surface area contributed by atoms with Crippen molar-refractivity contribution < 1.29 is 30.9 Å². The molecule has 20 heavy (non-hydrogen) atoms. The Kier molecular flexibility index (Phi) is 4.19. The first kappa shape index (κ1) is 16.1. The van der Waals surface area contributed by atoms with Crippen molar-refractivity contribution in [3.05, 3.63) is 28.1 Å². The van der Waals surface area contributed by atoms with Gasteiger partial charge in [0, 0.05) is 6.07 Å². The normalized spacial score (nSPS) is 12.4. The number of alkyl halides is 3. The third-order valence-corrected chi connectivity index (χ3v) is 3.49. The number of nitro benzene ring substituents is 1. The lowest BCUT2D eigenvalue weighted by atomic mass is 10.3. The van der Waals surface area contributed by atoms with E-state index in [1.165, 1.54) is 0 Å². The van der Waals surface area contributed by atoms with Crippen LogP contribution in [0.1, 0.15) is 0 Å². The van der Waals surface area contributed by atoms with Crippen LogP contribution in [0.4, 0.5) is 28.9 Å².